The number of aromatic nitrogens is 1. The Kier molecular flexibility index (Phi) is 1.89. The van der Waals surface area contributed by atoms with Crippen molar-refractivity contribution in [2.45, 2.75) is 0 Å². The summed E-state index contributed by atoms with van der Waals surface area (Å²) in [5, 5.41) is 8.77. The third kappa shape index (κ3) is 1.41. The molecule has 0 unspecified atom stereocenters. The van der Waals surface area contributed by atoms with Gasteiger partial charge < -0.3 is 15.3 Å². The fourth-order valence-electron chi connectivity index (χ4n) is 1.31. The van der Waals surface area contributed by atoms with Crippen molar-refractivity contribution in [3.05, 3.63) is 34.2 Å². The molecule has 0 saturated carbocycles. The molecule has 0 fully saturated rings. The monoisotopic (exact) mass is 206 g/mol. The number of carboxylic acid groups (broad SMARTS) is 1. The Bertz CT molecular complexity index is 603. The van der Waals surface area contributed by atoms with Crippen LogP contribution in [0.1, 0.15) is 10.4 Å². The van der Waals surface area contributed by atoms with E-state index in [9.17, 15) is 9.59 Å². The number of carboxylic acids is 1. The van der Waals surface area contributed by atoms with E-state index in [0.717, 1.165) is 0 Å². The molecule has 2 aromatic rings. The molecule has 15 heavy (non-hydrogen) atoms. The Labute approximate surface area is 83.0 Å². The van der Waals surface area contributed by atoms with Gasteiger partial charge in [-0.05, 0) is 12.1 Å². The van der Waals surface area contributed by atoms with Crippen molar-refractivity contribution in [2.24, 2.45) is 0 Å². The summed E-state index contributed by atoms with van der Waals surface area (Å²) in [5.74, 6) is -1.21. The molecule has 0 saturated heterocycles. The second-order valence-electron chi connectivity index (χ2n) is 2.84. The fourth-order valence-corrected chi connectivity index (χ4v) is 1.31. The van der Waals surface area contributed by atoms with Crippen LogP contribution in [0.3, 0.4) is 0 Å². The molecule has 0 radical (unpaired) electrons. The van der Waals surface area contributed by atoms with Crippen LogP contribution in [0.4, 0.5) is 6.01 Å². The molecule has 0 aliphatic heterocycles. The summed E-state index contributed by atoms with van der Waals surface area (Å²) in [6, 6.07) is 4.00. The molecule has 0 amide bonds. The van der Waals surface area contributed by atoms with Crippen molar-refractivity contribution >= 4 is 22.9 Å². The van der Waals surface area contributed by atoms with Gasteiger partial charge in [0.15, 0.2) is 0 Å². The topological polar surface area (TPSA) is 106 Å². The van der Waals surface area contributed by atoms with E-state index in [4.69, 9.17) is 10.8 Å². The Morgan fingerprint density at radius 1 is 1.47 bits per heavy atom. The van der Waals surface area contributed by atoms with Gasteiger partial charge in [-0.25, -0.2) is 9.59 Å². The fraction of sp³-hybridized carbons (Fsp3) is 0. The zero-order valence-corrected chi connectivity index (χ0v) is 7.43. The zero-order chi connectivity index (χ0) is 11.0. The quantitative estimate of drug-likeness (QED) is 0.702. The van der Waals surface area contributed by atoms with E-state index in [0.29, 0.717) is 0 Å². The maximum absolute atomic E-state index is 11.4. The van der Waals surface area contributed by atoms with Crippen LogP contribution in [0.2, 0.25) is 0 Å². The lowest BCUT2D eigenvalue weighted by Gasteiger charge is -1.99. The third-order valence-corrected chi connectivity index (χ3v) is 1.90. The first-order valence-electron chi connectivity index (χ1n) is 4.02. The SMILES string of the molecule is Nc1nc2cccc(C(=O)O)c2c(=O)o1. The Morgan fingerprint density at radius 3 is 2.87 bits per heavy atom. The number of nitrogens with zero attached hydrogens (tertiary/aromatic N) is 1. The van der Waals surface area contributed by atoms with Gasteiger partial charge in [-0.3, -0.25) is 0 Å². The number of benzene rings is 1. The summed E-state index contributed by atoms with van der Waals surface area (Å²) in [5.41, 5.74) is 4.50. The summed E-state index contributed by atoms with van der Waals surface area (Å²) in [7, 11) is 0. The Morgan fingerprint density at radius 2 is 2.20 bits per heavy atom. The first kappa shape index (κ1) is 9.20. The minimum atomic E-state index is -1.21. The van der Waals surface area contributed by atoms with Crippen molar-refractivity contribution in [3.8, 4) is 0 Å². The van der Waals surface area contributed by atoms with E-state index < -0.39 is 11.6 Å². The van der Waals surface area contributed by atoms with E-state index in [1.54, 1.807) is 0 Å². The lowest BCUT2D eigenvalue weighted by atomic mass is 10.1. The van der Waals surface area contributed by atoms with Crippen molar-refractivity contribution in [1.82, 2.24) is 4.98 Å². The predicted molar refractivity (Wildman–Crippen MR) is 51.7 cm³/mol. The van der Waals surface area contributed by atoms with Crippen LogP contribution < -0.4 is 11.4 Å². The van der Waals surface area contributed by atoms with Gasteiger partial charge in [0.2, 0.25) is 0 Å². The van der Waals surface area contributed by atoms with Crippen LogP contribution in [0.25, 0.3) is 10.9 Å². The number of anilines is 1. The van der Waals surface area contributed by atoms with Gasteiger partial charge in [0.25, 0.3) is 6.01 Å². The zero-order valence-electron chi connectivity index (χ0n) is 7.43. The summed E-state index contributed by atoms with van der Waals surface area (Å²) >= 11 is 0. The van der Waals surface area contributed by atoms with Gasteiger partial charge in [0, 0.05) is 0 Å². The van der Waals surface area contributed by atoms with Crippen LogP contribution in [0.5, 0.6) is 0 Å². The van der Waals surface area contributed by atoms with Gasteiger partial charge >= 0.3 is 11.6 Å². The van der Waals surface area contributed by atoms with Crippen molar-refractivity contribution in [1.29, 1.82) is 0 Å². The third-order valence-electron chi connectivity index (χ3n) is 1.90. The number of aromatic carboxylic acids is 1. The molecule has 3 N–H and O–H groups in total. The second kappa shape index (κ2) is 3.09. The highest BCUT2D eigenvalue weighted by Gasteiger charge is 2.13. The Balaban J connectivity index is 2.98. The number of hydrogen-bond acceptors (Lipinski definition) is 5. The number of hydrogen-bond donors (Lipinski definition) is 2. The average molecular weight is 206 g/mol. The molecule has 6 heteroatoms. The summed E-state index contributed by atoms with van der Waals surface area (Å²) in [6.07, 6.45) is 0. The van der Waals surface area contributed by atoms with E-state index >= 15 is 0 Å². The van der Waals surface area contributed by atoms with Crippen LogP contribution >= 0.6 is 0 Å². The number of nitrogens with two attached hydrogens (primary N) is 1. The number of rotatable bonds is 1. The second-order valence-corrected chi connectivity index (χ2v) is 2.84. The van der Waals surface area contributed by atoms with Crippen LogP contribution in [0, 0.1) is 0 Å². The van der Waals surface area contributed by atoms with Gasteiger partial charge in [0.1, 0.15) is 5.39 Å². The van der Waals surface area contributed by atoms with E-state index in [2.05, 4.69) is 9.40 Å². The van der Waals surface area contributed by atoms with Crippen LogP contribution in [-0.2, 0) is 0 Å². The highest BCUT2D eigenvalue weighted by Crippen LogP contribution is 2.14. The van der Waals surface area contributed by atoms with Gasteiger partial charge in [0.05, 0.1) is 11.1 Å². The van der Waals surface area contributed by atoms with Crippen molar-refractivity contribution in [2.75, 3.05) is 5.73 Å². The average Bonchev–Trinajstić information content (AvgIpc) is 2.16. The van der Waals surface area contributed by atoms with Crippen LogP contribution in [-0.4, -0.2) is 16.1 Å². The normalized spacial score (nSPS) is 10.4. The van der Waals surface area contributed by atoms with E-state index in [1.807, 2.05) is 0 Å². The molecular weight excluding hydrogens is 200 g/mol. The molecule has 0 bridgehead atoms. The van der Waals surface area contributed by atoms with Gasteiger partial charge in [-0.2, -0.15) is 4.98 Å². The van der Waals surface area contributed by atoms with Crippen molar-refractivity contribution < 1.29 is 14.3 Å². The molecule has 6 nitrogen and oxygen atoms in total. The molecule has 2 rings (SSSR count). The van der Waals surface area contributed by atoms with Crippen LogP contribution in [0.15, 0.2) is 27.4 Å². The molecular formula is C9H6N2O4. The number of nitrogen functional groups attached to an aromatic ring is 1. The first-order chi connectivity index (χ1) is 7.09. The minimum absolute atomic E-state index is 0.0702. The molecule has 1 aromatic carbocycles. The summed E-state index contributed by atoms with van der Waals surface area (Å²) in [4.78, 5) is 25.9. The van der Waals surface area contributed by atoms with E-state index in [1.165, 1.54) is 18.2 Å². The molecule has 0 aliphatic rings. The molecule has 76 valence electrons. The highest BCUT2D eigenvalue weighted by molar-refractivity contribution is 6.02. The molecule has 1 heterocycles. The largest absolute Gasteiger partial charge is 0.478 e. The van der Waals surface area contributed by atoms with Crippen molar-refractivity contribution in [3.63, 3.8) is 0 Å². The standard InChI is InChI=1S/C9H6N2O4/c10-9-11-5-3-1-2-4(7(12)13)6(5)8(14)15-9/h1-3H,(H2,10,11)(H,12,13). The maximum atomic E-state index is 11.4. The molecule has 0 atom stereocenters. The minimum Gasteiger partial charge on any atom is -0.478 e. The van der Waals surface area contributed by atoms with Gasteiger partial charge in [-0.1, -0.05) is 6.07 Å². The maximum Gasteiger partial charge on any atom is 0.349 e. The number of carbonyl (C=O) groups is 1. The lowest BCUT2D eigenvalue weighted by molar-refractivity contribution is 0.0698. The molecule has 0 spiro atoms. The lowest BCUT2D eigenvalue weighted by Crippen LogP contribution is -2.10. The first-order valence-corrected chi connectivity index (χ1v) is 4.02. The smallest absolute Gasteiger partial charge is 0.349 e. The summed E-state index contributed by atoms with van der Waals surface area (Å²) in [6.45, 7) is 0. The molecule has 1 aromatic heterocycles. The van der Waals surface area contributed by atoms with E-state index in [-0.39, 0.29) is 22.5 Å². The highest BCUT2D eigenvalue weighted by atomic mass is 16.4. The number of fused-ring (bicyclic) bond motifs is 1. The van der Waals surface area contributed by atoms with Gasteiger partial charge in [-0.15, -0.1) is 0 Å². The predicted octanol–water partition coefficient (Wildman–Crippen LogP) is 0.468. The molecule has 0 aliphatic carbocycles. The Hall–Kier alpha value is -2.37. The summed E-state index contributed by atoms with van der Waals surface area (Å²) < 4.78 is 4.53.